The number of hydrogen-bond donors (Lipinski definition) is 0. The zero-order valence-electron chi connectivity index (χ0n) is 10.6. The fourth-order valence-electron chi connectivity index (χ4n) is 2.41. The molecular formula is C16H17NO. The van der Waals surface area contributed by atoms with Crippen molar-refractivity contribution in [1.82, 2.24) is 4.98 Å². The van der Waals surface area contributed by atoms with Gasteiger partial charge in [0.2, 0.25) is 5.88 Å². The summed E-state index contributed by atoms with van der Waals surface area (Å²) in [7, 11) is 0. The summed E-state index contributed by atoms with van der Waals surface area (Å²) in [5, 5.41) is 0. The number of ether oxygens (including phenoxy) is 1. The van der Waals surface area contributed by atoms with Gasteiger partial charge in [0, 0.05) is 12.3 Å². The van der Waals surface area contributed by atoms with E-state index in [9.17, 15) is 0 Å². The Morgan fingerprint density at radius 2 is 1.83 bits per heavy atom. The van der Waals surface area contributed by atoms with E-state index in [0.717, 1.165) is 11.3 Å². The highest BCUT2D eigenvalue weighted by Gasteiger charge is 2.10. The number of hydrogen-bond acceptors (Lipinski definition) is 2. The predicted octanol–water partition coefficient (Wildman–Crippen LogP) is 4.06. The second kappa shape index (κ2) is 4.81. The standard InChI is InChI=1S/C16H17NO/c1-12-6-9-16(17-11-12)18-15-8-7-13-4-2-3-5-14(13)10-15/h6-11H,2-5H2,1H3. The van der Waals surface area contributed by atoms with E-state index < -0.39 is 0 Å². The van der Waals surface area contributed by atoms with Crippen LogP contribution in [0.2, 0.25) is 0 Å². The number of nitrogens with zero attached hydrogens (tertiary/aromatic N) is 1. The largest absolute Gasteiger partial charge is 0.439 e. The third kappa shape index (κ3) is 2.37. The summed E-state index contributed by atoms with van der Waals surface area (Å²) >= 11 is 0. The highest BCUT2D eigenvalue weighted by molar-refractivity contribution is 5.38. The first-order chi connectivity index (χ1) is 8.81. The molecule has 1 aliphatic carbocycles. The fourth-order valence-corrected chi connectivity index (χ4v) is 2.41. The molecule has 92 valence electrons. The van der Waals surface area contributed by atoms with Crippen molar-refractivity contribution in [3.8, 4) is 11.6 Å². The van der Waals surface area contributed by atoms with Crippen LogP contribution in [0, 0.1) is 6.92 Å². The van der Waals surface area contributed by atoms with E-state index in [0.29, 0.717) is 5.88 Å². The molecule has 1 aliphatic rings. The van der Waals surface area contributed by atoms with Crippen LogP contribution in [0.3, 0.4) is 0 Å². The minimum atomic E-state index is 0.663. The van der Waals surface area contributed by atoms with Crippen molar-refractivity contribution in [1.29, 1.82) is 0 Å². The smallest absolute Gasteiger partial charge is 0.219 e. The van der Waals surface area contributed by atoms with E-state index in [4.69, 9.17) is 4.74 Å². The molecule has 2 nitrogen and oxygen atoms in total. The van der Waals surface area contributed by atoms with Gasteiger partial charge in [0.05, 0.1) is 0 Å². The maximum atomic E-state index is 5.79. The number of rotatable bonds is 2. The molecule has 0 spiro atoms. The molecule has 0 saturated carbocycles. The first kappa shape index (κ1) is 11.3. The van der Waals surface area contributed by atoms with E-state index in [1.165, 1.54) is 36.8 Å². The van der Waals surface area contributed by atoms with Crippen molar-refractivity contribution >= 4 is 0 Å². The Morgan fingerprint density at radius 3 is 2.61 bits per heavy atom. The molecule has 0 amide bonds. The summed E-state index contributed by atoms with van der Waals surface area (Å²) in [4.78, 5) is 4.26. The van der Waals surface area contributed by atoms with E-state index in [-0.39, 0.29) is 0 Å². The molecule has 0 aliphatic heterocycles. The zero-order chi connectivity index (χ0) is 12.4. The minimum Gasteiger partial charge on any atom is -0.439 e. The van der Waals surface area contributed by atoms with Crippen LogP contribution in [-0.2, 0) is 12.8 Å². The fraction of sp³-hybridized carbons (Fsp3) is 0.312. The number of benzene rings is 1. The molecule has 2 heteroatoms. The molecule has 18 heavy (non-hydrogen) atoms. The van der Waals surface area contributed by atoms with Crippen LogP contribution in [0.1, 0.15) is 29.5 Å². The van der Waals surface area contributed by atoms with Gasteiger partial charge in [-0.2, -0.15) is 0 Å². The van der Waals surface area contributed by atoms with E-state index in [1.807, 2.05) is 31.3 Å². The van der Waals surface area contributed by atoms with Crippen molar-refractivity contribution < 1.29 is 4.74 Å². The van der Waals surface area contributed by atoms with Gasteiger partial charge in [0.25, 0.3) is 0 Å². The molecule has 2 aromatic rings. The first-order valence-electron chi connectivity index (χ1n) is 6.53. The monoisotopic (exact) mass is 239 g/mol. The van der Waals surface area contributed by atoms with Gasteiger partial charge in [0.1, 0.15) is 5.75 Å². The van der Waals surface area contributed by atoms with Gasteiger partial charge in [-0.3, -0.25) is 0 Å². The highest BCUT2D eigenvalue weighted by atomic mass is 16.5. The highest BCUT2D eigenvalue weighted by Crippen LogP contribution is 2.27. The summed E-state index contributed by atoms with van der Waals surface area (Å²) in [6.45, 7) is 2.02. The van der Waals surface area contributed by atoms with Crippen LogP contribution < -0.4 is 4.74 Å². The van der Waals surface area contributed by atoms with E-state index >= 15 is 0 Å². The third-order valence-electron chi connectivity index (χ3n) is 3.43. The van der Waals surface area contributed by atoms with Crippen LogP contribution in [0.5, 0.6) is 11.6 Å². The molecular weight excluding hydrogens is 222 g/mol. The second-order valence-electron chi connectivity index (χ2n) is 4.91. The van der Waals surface area contributed by atoms with Crippen LogP contribution in [-0.4, -0.2) is 4.98 Å². The van der Waals surface area contributed by atoms with Crippen molar-refractivity contribution in [3.05, 3.63) is 53.2 Å². The lowest BCUT2D eigenvalue weighted by Crippen LogP contribution is -2.02. The summed E-state index contributed by atoms with van der Waals surface area (Å²) in [5.74, 6) is 1.56. The lowest BCUT2D eigenvalue weighted by molar-refractivity contribution is 0.461. The Kier molecular flexibility index (Phi) is 3.01. The maximum absolute atomic E-state index is 5.79. The van der Waals surface area contributed by atoms with E-state index in [1.54, 1.807) is 0 Å². The molecule has 0 N–H and O–H groups in total. The number of pyridine rings is 1. The summed E-state index contributed by atoms with van der Waals surface area (Å²) in [6, 6.07) is 10.3. The lowest BCUT2D eigenvalue weighted by atomic mass is 9.92. The van der Waals surface area contributed by atoms with Gasteiger partial charge in [-0.25, -0.2) is 4.98 Å². The first-order valence-corrected chi connectivity index (χ1v) is 6.53. The average molecular weight is 239 g/mol. The van der Waals surface area contributed by atoms with Crippen molar-refractivity contribution in [3.63, 3.8) is 0 Å². The number of aryl methyl sites for hydroxylation is 3. The minimum absolute atomic E-state index is 0.663. The van der Waals surface area contributed by atoms with Gasteiger partial charge >= 0.3 is 0 Å². The topological polar surface area (TPSA) is 22.1 Å². The van der Waals surface area contributed by atoms with Crippen molar-refractivity contribution in [2.45, 2.75) is 32.6 Å². The van der Waals surface area contributed by atoms with Crippen LogP contribution in [0.4, 0.5) is 0 Å². The summed E-state index contributed by atoms with van der Waals surface area (Å²) in [5.41, 5.74) is 4.06. The number of fused-ring (bicyclic) bond motifs is 1. The summed E-state index contributed by atoms with van der Waals surface area (Å²) < 4.78 is 5.79. The van der Waals surface area contributed by atoms with Crippen molar-refractivity contribution in [2.24, 2.45) is 0 Å². The van der Waals surface area contributed by atoms with Crippen LogP contribution in [0.25, 0.3) is 0 Å². The van der Waals surface area contributed by atoms with Gasteiger partial charge in [-0.1, -0.05) is 12.1 Å². The molecule has 3 rings (SSSR count). The van der Waals surface area contributed by atoms with Gasteiger partial charge in [-0.05, 0) is 61.4 Å². The van der Waals surface area contributed by atoms with Crippen LogP contribution >= 0.6 is 0 Å². The van der Waals surface area contributed by atoms with Crippen LogP contribution in [0.15, 0.2) is 36.5 Å². The molecule has 0 saturated heterocycles. The Balaban J connectivity index is 1.82. The second-order valence-corrected chi connectivity index (χ2v) is 4.91. The Hall–Kier alpha value is -1.83. The van der Waals surface area contributed by atoms with Gasteiger partial charge in [-0.15, -0.1) is 0 Å². The lowest BCUT2D eigenvalue weighted by Gasteiger charge is -2.16. The van der Waals surface area contributed by atoms with E-state index in [2.05, 4.69) is 17.1 Å². The molecule has 1 aromatic carbocycles. The number of aromatic nitrogens is 1. The third-order valence-corrected chi connectivity index (χ3v) is 3.43. The molecule has 0 bridgehead atoms. The molecule has 0 unspecified atom stereocenters. The Labute approximate surface area is 108 Å². The van der Waals surface area contributed by atoms with Crippen molar-refractivity contribution in [2.75, 3.05) is 0 Å². The Bertz CT molecular complexity index is 546. The normalized spacial score (nSPS) is 14.1. The van der Waals surface area contributed by atoms with Gasteiger partial charge in [0.15, 0.2) is 0 Å². The molecule has 0 radical (unpaired) electrons. The molecule has 1 aromatic heterocycles. The molecule has 0 atom stereocenters. The Morgan fingerprint density at radius 1 is 1.00 bits per heavy atom. The predicted molar refractivity (Wildman–Crippen MR) is 72.1 cm³/mol. The maximum Gasteiger partial charge on any atom is 0.219 e. The molecule has 1 heterocycles. The zero-order valence-corrected chi connectivity index (χ0v) is 10.6. The summed E-state index contributed by atoms with van der Waals surface area (Å²) in [6.07, 6.45) is 6.81. The van der Waals surface area contributed by atoms with Gasteiger partial charge < -0.3 is 4.74 Å². The molecule has 0 fully saturated rings. The SMILES string of the molecule is Cc1ccc(Oc2ccc3c(c2)CCCC3)nc1. The quantitative estimate of drug-likeness (QED) is 0.788. The average Bonchev–Trinajstić information content (AvgIpc) is 2.41.